The lowest BCUT2D eigenvalue weighted by Crippen LogP contribution is -2.21. The average Bonchev–Trinajstić information content (AvgIpc) is 2.13. The van der Waals surface area contributed by atoms with E-state index in [9.17, 15) is 4.79 Å². The number of carboxylic acid groups (broad SMARTS) is 1. The first-order chi connectivity index (χ1) is 6.70. The molecule has 0 fully saturated rings. The van der Waals surface area contributed by atoms with Crippen LogP contribution < -0.4 is 0 Å². The predicted octanol–water partition coefficient (Wildman–Crippen LogP) is 1.96. The molecule has 0 aliphatic heterocycles. The highest BCUT2D eigenvalue weighted by atomic mass is 16.5. The zero-order chi connectivity index (χ0) is 10.8. The van der Waals surface area contributed by atoms with E-state index in [2.05, 4.69) is 10.0 Å². The molecule has 0 aromatic rings. The van der Waals surface area contributed by atoms with Crippen LogP contribution in [0.2, 0.25) is 0 Å². The Bertz CT molecular complexity index is 210. The van der Waals surface area contributed by atoms with Crippen molar-refractivity contribution in [2.24, 2.45) is 5.11 Å². The third-order valence-electron chi connectivity index (χ3n) is 1.60. The van der Waals surface area contributed by atoms with Crippen molar-refractivity contribution in [1.82, 2.24) is 0 Å². The number of nitrogens with zero attached hydrogens (tertiary/aromatic N) is 3. The van der Waals surface area contributed by atoms with Gasteiger partial charge in [-0.05, 0) is 12.0 Å². The number of azide groups is 1. The summed E-state index contributed by atoms with van der Waals surface area (Å²) in [6.45, 7) is 2.60. The molecule has 0 saturated heterocycles. The van der Waals surface area contributed by atoms with E-state index in [0.29, 0.717) is 6.61 Å². The Morgan fingerprint density at radius 1 is 1.71 bits per heavy atom. The van der Waals surface area contributed by atoms with Gasteiger partial charge < -0.3 is 9.84 Å². The van der Waals surface area contributed by atoms with Crippen LogP contribution in [0.25, 0.3) is 10.4 Å². The van der Waals surface area contributed by atoms with Gasteiger partial charge in [0.2, 0.25) is 0 Å². The summed E-state index contributed by atoms with van der Waals surface area (Å²) in [6, 6.07) is 0. The molecule has 0 spiro atoms. The second-order valence-corrected chi connectivity index (χ2v) is 2.86. The summed E-state index contributed by atoms with van der Waals surface area (Å²) in [6.07, 6.45) is 1.24. The first kappa shape index (κ1) is 12.7. The molecule has 6 heteroatoms. The summed E-state index contributed by atoms with van der Waals surface area (Å²) in [5, 5.41) is 11.8. The van der Waals surface area contributed by atoms with Crippen LogP contribution in [-0.4, -0.2) is 30.3 Å². The summed E-state index contributed by atoms with van der Waals surface area (Å²) in [7, 11) is 0. The van der Waals surface area contributed by atoms with Gasteiger partial charge in [0, 0.05) is 11.5 Å². The minimum atomic E-state index is -0.945. The maximum absolute atomic E-state index is 10.4. The van der Waals surface area contributed by atoms with Crippen molar-refractivity contribution in [2.75, 3.05) is 13.2 Å². The van der Waals surface area contributed by atoms with Gasteiger partial charge in [-0.25, -0.2) is 0 Å². The van der Waals surface area contributed by atoms with Gasteiger partial charge in [0.1, 0.15) is 0 Å². The average molecular weight is 201 g/mol. The van der Waals surface area contributed by atoms with Crippen molar-refractivity contribution in [3.05, 3.63) is 10.4 Å². The lowest BCUT2D eigenvalue weighted by atomic mass is 10.2. The third kappa shape index (κ3) is 7.39. The van der Waals surface area contributed by atoms with E-state index in [1.807, 2.05) is 6.92 Å². The molecule has 0 heterocycles. The van der Waals surface area contributed by atoms with E-state index in [-0.39, 0.29) is 13.0 Å². The number of aliphatic carboxylic acids is 1. The molecule has 0 bridgehead atoms. The van der Waals surface area contributed by atoms with E-state index in [1.165, 1.54) is 0 Å². The fraction of sp³-hybridized carbons (Fsp3) is 0.875. The van der Waals surface area contributed by atoms with Crippen molar-refractivity contribution >= 4 is 5.97 Å². The van der Waals surface area contributed by atoms with Crippen molar-refractivity contribution in [3.63, 3.8) is 0 Å². The Morgan fingerprint density at radius 3 is 2.93 bits per heavy atom. The lowest BCUT2D eigenvalue weighted by molar-refractivity contribution is -0.140. The van der Waals surface area contributed by atoms with E-state index >= 15 is 0 Å². The summed E-state index contributed by atoms with van der Waals surface area (Å²) < 4.78 is 5.25. The zero-order valence-corrected chi connectivity index (χ0v) is 8.22. The molecule has 0 aliphatic carbocycles. The number of unbranched alkanes of at least 4 members (excludes halogenated alkanes) is 1. The highest BCUT2D eigenvalue weighted by Crippen LogP contribution is 2.02. The Labute approximate surface area is 82.5 Å². The van der Waals surface area contributed by atoms with Gasteiger partial charge in [-0.3, -0.25) is 4.79 Å². The number of hydrogen-bond acceptors (Lipinski definition) is 3. The lowest BCUT2D eigenvalue weighted by Gasteiger charge is -2.12. The summed E-state index contributed by atoms with van der Waals surface area (Å²) in [5.74, 6) is -0.945. The van der Waals surface area contributed by atoms with Crippen LogP contribution >= 0.6 is 0 Å². The molecule has 1 N–H and O–H groups in total. The van der Waals surface area contributed by atoms with Crippen molar-refractivity contribution < 1.29 is 14.6 Å². The molecule has 0 aromatic heterocycles. The quantitative estimate of drug-likeness (QED) is 0.281. The number of hydrogen-bond donors (Lipinski definition) is 1. The standard InChI is InChI=1S/C8H15N3O3/c1-2-3-4-14-7(5-8(12)13)6-10-11-9/h7H,2-6H2,1H3,(H,12,13)/t7-/m1/s1. The smallest absolute Gasteiger partial charge is 0.305 e. The van der Waals surface area contributed by atoms with E-state index in [4.69, 9.17) is 15.4 Å². The topological polar surface area (TPSA) is 95.3 Å². The molecule has 0 aliphatic rings. The molecule has 1 atom stereocenters. The zero-order valence-electron chi connectivity index (χ0n) is 8.22. The van der Waals surface area contributed by atoms with Gasteiger partial charge in [0.15, 0.2) is 0 Å². The molecule has 0 saturated carbocycles. The molecule has 6 nitrogen and oxygen atoms in total. The first-order valence-electron chi connectivity index (χ1n) is 4.55. The van der Waals surface area contributed by atoms with Crippen LogP contribution in [0.5, 0.6) is 0 Å². The first-order valence-corrected chi connectivity index (χ1v) is 4.55. The van der Waals surface area contributed by atoms with Crippen LogP contribution in [-0.2, 0) is 9.53 Å². The predicted molar refractivity (Wildman–Crippen MR) is 50.9 cm³/mol. The molecule has 0 rings (SSSR count). The van der Waals surface area contributed by atoms with Crippen LogP contribution in [0.4, 0.5) is 0 Å². The molecule has 14 heavy (non-hydrogen) atoms. The number of carbonyl (C=O) groups is 1. The third-order valence-corrected chi connectivity index (χ3v) is 1.60. The van der Waals surface area contributed by atoms with Gasteiger partial charge in [0.25, 0.3) is 0 Å². The van der Waals surface area contributed by atoms with Crippen molar-refractivity contribution in [3.8, 4) is 0 Å². The molecular formula is C8H15N3O3. The Balaban J connectivity index is 3.83. The van der Waals surface area contributed by atoms with E-state index in [0.717, 1.165) is 12.8 Å². The van der Waals surface area contributed by atoms with Crippen molar-refractivity contribution in [1.29, 1.82) is 0 Å². The highest BCUT2D eigenvalue weighted by molar-refractivity contribution is 5.67. The Morgan fingerprint density at radius 2 is 2.43 bits per heavy atom. The van der Waals surface area contributed by atoms with Gasteiger partial charge in [-0.2, -0.15) is 0 Å². The maximum Gasteiger partial charge on any atom is 0.305 e. The van der Waals surface area contributed by atoms with Crippen LogP contribution in [0.1, 0.15) is 26.2 Å². The molecule has 0 radical (unpaired) electrons. The minimum absolute atomic E-state index is 0.0759. The molecule has 0 aromatic carbocycles. The molecule has 0 amide bonds. The summed E-state index contributed by atoms with van der Waals surface area (Å²) >= 11 is 0. The maximum atomic E-state index is 10.4. The normalized spacial score (nSPS) is 11.8. The van der Waals surface area contributed by atoms with Crippen LogP contribution in [0, 0.1) is 0 Å². The second-order valence-electron chi connectivity index (χ2n) is 2.86. The van der Waals surface area contributed by atoms with Crippen LogP contribution in [0.3, 0.4) is 0 Å². The van der Waals surface area contributed by atoms with E-state index in [1.54, 1.807) is 0 Å². The molecule has 0 unspecified atom stereocenters. The minimum Gasteiger partial charge on any atom is -0.481 e. The fourth-order valence-corrected chi connectivity index (χ4v) is 0.893. The monoisotopic (exact) mass is 201 g/mol. The van der Waals surface area contributed by atoms with Gasteiger partial charge in [-0.15, -0.1) is 0 Å². The van der Waals surface area contributed by atoms with Gasteiger partial charge in [0.05, 0.1) is 19.1 Å². The molecule has 80 valence electrons. The van der Waals surface area contributed by atoms with Gasteiger partial charge >= 0.3 is 5.97 Å². The summed E-state index contributed by atoms with van der Waals surface area (Å²) in [5.41, 5.74) is 8.08. The van der Waals surface area contributed by atoms with Crippen LogP contribution in [0.15, 0.2) is 5.11 Å². The Kier molecular flexibility index (Phi) is 7.59. The van der Waals surface area contributed by atoms with E-state index < -0.39 is 12.1 Å². The summed E-state index contributed by atoms with van der Waals surface area (Å²) in [4.78, 5) is 13.0. The highest BCUT2D eigenvalue weighted by Gasteiger charge is 2.12. The largest absolute Gasteiger partial charge is 0.481 e. The number of rotatable bonds is 8. The number of ether oxygens (including phenoxy) is 1. The SMILES string of the molecule is CCCCO[C@@H](CN=[N+]=[N-])CC(=O)O. The Hall–Kier alpha value is -1.26. The molecular weight excluding hydrogens is 186 g/mol. The van der Waals surface area contributed by atoms with Crippen molar-refractivity contribution in [2.45, 2.75) is 32.3 Å². The number of carboxylic acids is 1. The second kappa shape index (κ2) is 8.34. The fourth-order valence-electron chi connectivity index (χ4n) is 0.893. The van der Waals surface area contributed by atoms with Gasteiger partial charge in [-0.1, -0.05) is 18.5 Å².